The number of hydrogen-bond acceptors (Lipinski definition) is 4. The number of β-amino-alcohol motifs (C(OH)–C–C–N with tert-alkyl or cyclic N) is 1. The molecule has 2 aromatic rings. The van der Waals surface area contributed by atoms with Crippen molar-refractivity contribution in [2.45, 2.75) is 25.6 Å². The van der Waals surface area contributed by atoms with Crippen molar-refractivity contribution in [3.05, 3.63) is 53.3 Å². The third-order valence-electron chi connectivity index (χ3n) is 4.36. The van der Waals surface area contributed by atoms with Crippen molar-refractivity contribution >= 4 is 17.2 Å². The van der Waals surface area contributed by atoms with Crippen LogP contribution in [-0.2, 0) is 6.18 Å². The summed E-state index contributed by atoms with van der Waals surface area (Å²) in [4.78, 5) is 5.79. The molecule has 1 saturated heterocycles. The van der Waals surface area contributed by atoms with Gasteiger partial charge in [0.15, 0.2) is 0 Å². The van der Waals surface area contributed by atoms with E-state index in [-0.39, 0.29) is 11.5 Å². The van der Waals surface area contributed by atoms with Crippen molar-refractivity contribution in [1.82, 2.24) is 9.88 Å². The van der Waals surface area contributed by atoms with Crippen LogP contribution in [0, 0.1) is 12.3 Å². The van der Waals surface area contributed by atoms with Crippen LogP contribution in [0.2, 0.25) is 0 Å². The van der Waals surface area contributed by atoms with Gasteiger partial charge in [0.05, 0.1) is 28.7 Å². The Bertz CT molecular complexity index is 822. The lowest BCUT2D eigenvalue weighted by Crippen LogP contribution is -2.30. The molecule has 1 aliphatic heterocycles. The molecule has 138 valence electrons. The van der Waals surface area contributed by atoms with Crippen molar-refractivity contribution in [1.29, 1.82) is 5.41 Å². The number of nitrogens with one attached hydrogen (secondary N) is 2. The Morgan fingerprint density at radius 3 is 2.69 bits per heavy atom. The van der Waals surface area contributed by atoms with Crippen molar-refractivity contribution in [3.63, 3.8) is 0 Å². The van der Waals surface area contributed by atoms with Gasteiger partial charge >= 0.3 is 6.18 Å². The molecule has 5 nitrogen and oxygen atoms in total. The van der Waals surface area contributed by atoms with Crippen LogP contribution in [0.25, 0.3) is 0 Å². The standard InChI is InChI=1S/C18H19F3N4O/c1-11-15(3-2-7-23-11)24-16-9-12(18(19,20)21)4-5-14(16)17(22)25-8-6-13(26)10-25/h2-5,7,9,13,22,24,26H,6,8,10H2,1H3/t13-/m1/s1. The van der Waals surface area contributed by atoms with E-state index in [1.807, 2.05) is 0 Å². The minimum Gasteiger partial charge on any atom is -0.391 e. The maximum atomic E-state index is 13.1. The second-order valence-electron chi connectivity index (χ2n) is 6.26. The Balaban J connectivity index is 2.00. The Kier molecular flexibility index (Phi) is 4.86. The van der Waals surface area contributed by atoms with E-state index < -0.39 is 17.8 Å². The van der Waals surface area contributed by atoms with E-state index in [4.69, 9.17) is 5.41 Å². The Morgan fingerprint density at radius 1 is 1.31 bits per heavy atom. The highest BCUT2D eigenvalue weighted by Crippen LogP contribution is 2.34. The highest BCUT2D eigenvalue weighted by molar-refractivity contribution is 6.02. The maximum Gasteiger partial charge on any atom is 0.416 e. The second kappa shape index (κ2) is 6.95. The molecule has 26 heavy (non-hydrogen) atoms. The monoisotopic (exact) mass is 364 g/mol. The number of pyridine rings is 1. The number of nitrogens with zero attached hydrogens (tertiary/aromatic N) is 2. The second-order valence-corrected chi connectivity index (χ2v) is 6.26. The fourth-order valence-electron chi connectivity index (χ4n) is 2.91. The van der Waals surface area contributed by atoms with Crippen LogP contribution >= 0.6 is 0 Å². The van der Waals surface area contributed by atoms with Crippen LogP contribution in [-0.4, -0.2) is 40.0 Å². The number of rotatable bonds is 3. The number of anilines is 2. The minimum atomic E-state index is -4.48. The van der Waals surface area contributed by atoms with Crippen molar-refractivity contribution < 1.29 is 18.3 Å². The number of likely N-dealkylation sites (tertiary alicyclic amines) is 1. The van der Waals surface area contributed by atoms with E-state index in [9.17, 15) is 18.3 Å². The molecular formula is C18H19F3N4O. The molecule has 1 atom stereocenters. The van der Waals surface area contributed by atoms with Gasteiger partial charge < -0.3 is 15.3 Å². The summed E-state index contributed by atoms with van der Waals surface area (Å²) in [6.45, 7) is 2.54. The summed E-state index contributed by atoms with van der Waals surface area (Å²) in [5, 5.41) is 21.0. The summed E-state index contributed by atoms with van der Waals surface area (Å²) in [5.41, 5.74) is 0.943. The lowest BCUT2D eigenvalue weighted by atomic mass is 10.1. The largest absolute Gasteiger partial charge is 0.416 e. The van der Waals surface area contributed by atoms with E-state index in [0.717, 1.165) is 12.1 Å². The van der Waals surface area contributed by atoms with Gasteiger partial charge in [0.1, 0.15) is 5.84 Å². The summed E-state index contributed by atoms with van der Waals surface area (Å²) in [7, 11) is 0. The van der Waals surface area contributed by atoms with Gasteiger partial charge in [0.25, 0.3) is 0 Å². The smallest absolute Gasteiger partial charge is 0.391 e. The van der Waals surface area contributed by atoms with Crippen LogP contribution < -0.4 is 5.32 Å². The van der Waals surface area contributed by atoms with Gasteiger partial charge in [-0.15, -0.1) is 0 Å². The van der Waals surface area contributed by atoms with Gasteiger partial charge in [-0.05, 0) is 43.7 Å². The fourth-order valence-corrected chi connectivity index (χ4v) is 2.91. The number of amidine groups is 1. The molecule has 0 aliphatic carbocycles. The zero-order chi connectivity index (χ0) is 18.9. The van der Waals surface area contributed by atoms with Gasteiger partial charge in [-0.3, -0.25) is 10.4 Å². The number of aromatic nitrogens is 1. The summed E-state index contributed by atoms with van der Waals surface area (Å²) in [6, 6.07) is 6.67. The number of halogens is 3. The molecule has 0 amide bonds. The van der Waals surface area contributed by atoms with Gasteiger partial charge in [-0.25, -0.2) is 0 Å². The van der Waals surface area contributed by atoms with Gasteiger partial charge in [-0.1, -0.05) is 0 Å². The van der Waals surface area contributed by atoms with E-state index >= 15 is 0 Å². The van der Waals surface area contributed by atoms with E-state index in [1.54, 1.807) is 30.2 Å². The van der Waals surface area contributed by atoms with Crippen LogP contribution in [0.5, 0.6) is 0 Å². The molecular weight excluding hydrogens is 345 g/mol. The molecule has 3 N–H and O–H groups in total. The maximum absolute atomic E-state index is 13.1. The topological polar surface area (TPSA) is 72.2 Å². The molecule has 0 bridgehead atoms. The Hall–Kier alpha value is -2.61. The summed E-state index contributed by atoms with van der Waals surface area (Å²) >= 11 is 0. The average molecular weight is 364 g/mol. The van der Waals surface area contributed by atoms with Gasteiger partial charge in [0.2, 0.25) is 0 Å². The highest BCUT2D eigenvalue weighted by atomic mass is 19.4. The van der Waals surface area contributed by atoms with Crippen LogP contribution in [0.4, 0.5) is 24.5 Å². The van der Waals surface area contributed by atoms with Crippen LogP contribution in [0.3, 0.4) is 0 Å². The first-order chi connectivity index (χ1) is 12.3. The number of alkyl halides is 3. The molecule has 1 fully saturated rings. The molecule has 1 aromatic heterocycles. The van der Waals surface area contributed by atoms with Gasteiger partial charge in [0, 0.05) is 24.8 Å². The molecule has 1 aromatic carbocycles. The van der Waals surface area contributed by atoms with Crippen molar-refractivity contribution in [2.24, 2.45) is 0 Å². The predicted octanol–water partition coefficient (Wildman–Crippen LogP) is 3.54. The Labute approximate surface area is 149 Å². The summed E-state index contributed by atoms with van der Waals surface area (Å²) < 4.78 is 39.4. The first-order valence-corrected chi connectivity index (χ1v) is 8.17. The molecule has 2 heterocycles. The minimum absolute atomic E-state index is 0.0827. The third kappa shape index (κ3) is 3.80. The SMILES string of the molecule is Cc1ncccc1Nc1cc(C(F)(F)F)ccc1C(=N)N1CC[C@@H](O)C1. The van der Waals surface area contributed by atoms with Crippen LogP contribution in [0.15, 0.2) is 36.5 Å². The highest BCUT2D eigenvalue weighted by Gasteiger charge is 2.32. The third-order valence-corrected chi connectivity index (χ3v) is 4.36. The zero-order valence-electron chi connectivity index (χ0n) is 14.1. The van der Waals surface area contributed by atoms with Crippen LogP contribution in [0.1, 0.15) is 23.2 Å². The average Bonchev–Trinajstić information content (AvgIpc) is 3.02. The Morgan fingerprint density at radius 2 is 2.08 bits per heavy atom. The molecule has 0 radical (unpaired) electrons. The zero-order valence-corrected chi connectivity index (χ0v) is 14.1. The predicted molar refractivity (Wildman–Crippen MR) is 92.7 cm³/mol. The number of benzene rings is 1. The number of aliphatic hydroxyl groups excluding tert-OH is 1. The quantitative estimate of drug-likeness (QED) is 0.575. The molecule has 0 spiro atoms. The molecule has 1 aliphatic rings. The van der Waals surface area contributed by atoms with Crippen molar-refractivity contribution in [2.75, 3.05) is 18.4 Å². The summed E-state index contributed by atoms with van der Waals surface area (Å²) in [5.74, 6) is 0.0827. The molecule has 0 saturated carbocycles. The molecule has 0 unspecified atom stereocenters. The van der Waals surface area contributed by atoms with E-state index in [0.29, 0.717) is 36.5 Å². The number of aryl methyl sites for hydroxylation is 1. The fraction of sp³-hybridized carbons (Fsp3) is 0.333. The van der Waals surface area contributed by atoms with Gasteiger partial charge in [-0.2, -0.15) is 13.2 Å². The first-order valence-electron chi connectivity index (χ1n) is 8.17. The van der Waals surface area contributed by atoms with E-state index in [1.165, 1.54) is 6.07 Å². The number of aliphatic hydroxyl groups is 1. The summed E-state index contributed by atoms with van der Waals surface area (Å²) in [6.07, 6.45) is -2.87. The normalized spacial score (nSPS) is 17.4. The van der Waals surface area contributed by atoms with E-state index in [2.05, 4.69) is 10.3 Å². The molecule has 8 heteroatoms. The molecule has 3 rings (SSSR count). The van der Waals surface area contributed by atoms with Crippen molar-refractivity contribution in [3.8, 4) is 0 Å². The first kappa shape index (κ1) is 18.2. The lowest BCUT2D eigenvalue weighted by molar-refractivity contribution is -0.137. The number of hydrogen-bond donors (Lipinski definition) is 3. The lowest BCUT2D eigenvalue weighted by Gasteiger charge is -2.22.